The molecule has 0 amide bonds. The molecule has 0 radical (unpaired) electrons. The van der Waals surface area contributed by atoms with Crippen molar-refractivity contribution in [3.05, 3.63) is 88.5 Å². The molecule has 5 nitrogen and oxygen atoms in total. The molecule has 0 saturated heterocycles. The Balaban J connectivity index is 1.97. The summed E-state index contributed by atoms with van der Waals surface area (Å²) in [6.07, 6.45) is 3.50. The molecule has 3 rings (SSSR count). The van der Waals surface area contributed by atoms with Gasteiger partial charge < -0.3 is 19.3 Å². The van der Waals surface area contributed by atoms with Crippen LogP contribution in [0, 0.1) is 13.8 Å². The third-order valence-electron chi connectivity index (χ3n) is 5.84. The van der Waals surface area contributed by atoms with E-state index < -0.39 is 0 Å². The van der Waals surface area contributed by atoms with Gasteiger partial charge in [0.05, 0.1) is 7.11 Å². The van der Waals surface area contributed by atoms with Crippen LogP contribution in [0.1, 0.15) is 32.6 Å². The van der Waals surface area contributed by atoms with Crippen molar-refractivity contribution in [1.82, 2.24) is 9.80 Å². The fourth-order valence-corrected chi connectivity index (χ4v) is 4.13. The van der Waals surface area contributed by atoms with Crippen LogP contribution in [0.3, 0.4) is 0 Å². The van der Waals surface area contributed by atoms with E-state index in [9.17, 15) is 4.79 Å². The molecule has 0 saturated carbocycles. The van der Waals surface area contributed by atoms with E-state index in [4.69, 9.17) is 9.47 Å². The molecule has 0 unspecified atom stereocenters. The van der Waals surface area contributed by atoms with Gasteiger partial charge in [0.1, 0.15) is 18.1 Å². The third kappa shape index (κ3) is 7.54. The summed E-state index contributed by atoms with van der Waals surface area (Å²) in [7, 11) is 9.65. The molecule has 3 aromatic rings. The van der Waals surface area contributed by atoms with Crippen LogP contribution in [0.5, 0.6) is 11.5 Å². The number of methoxy groups -OCH3 is 1. The van der Waals surface area contributed by atoms with Crippen molar-refractivity contribution in [2.24, 2.45) is 0 Å². The number of allylic oxidation sites excluding steroid dienone is 1. The van der Waals surface area contributed by atoms with Gasteiger partial charge in [0.15, 0.2) is 5.78 Å². The lowest BCUT2D eigenvalue weighted by Crippen LogP contribution is -2.19. The summed E-state index contributed by atoms with van der Waals surface area (Å²) in [6.45, 7) is 6.23. The number of hydrogen-bond donors (Lipinski definition) is 0. The molecule has 0 N–H and O–H groups in total. The normalized spacial score (nSPS) is 11.5. The van der Waals surface area contributed by atoms with Gasteiger partial charge in [-0.15, -0.1) is 0 Å². The highest BCUT2D eigenvalue weighted by molar-refractivity contribution is 6.08. The second kappa shape index (κ2) is 12.5. The Kier molecular flexibility index (Phi) is 9.45. The minimum atomic E-state index is -0.0504. The Morgan fingerprint density at radius 3 is 2.22 bits per heavy atom. The highest BCUT2D eigenvalue weighted by Crippen LogP contribution is 2.30. The lowest BCUT2D eigenvalue weighted by atomic mass is 9.98. The van der Waals surface area contributed by atoms with Crippen LogP contribution in [0.4, 0.5) is 0 Å². The maximum Gasteiger partial charge on any atom is 0.186 e. The van der Waals surface area contributed by atoms with Crippen molar-refractivity contribution >= 4 is 11.9 Å². The molecule has 0 aliphatic heterocycles. The summed E-state index contributed by atoms with van der Waals surface area (Å²) in [4.78, 5) is 17.4. The summed E-state index contributed by atoms with van der Waals surface area (Å²) in [5, 5.41) is 0. The third-order valence-corrected chi connectivity index (χ3v) is 5.84. The van der Waals surface area contributed by atoms with Crippen LogP contribution >= 0.6 is 0 Å². The largest absolute Gasteiger partial charge is 0.497 e. The molecule has 0 aromatic heterocycles. The first kappa shape index (κ1) is 27.2. The molecule has 0 aliphatic rings. The van der Waals surface area contributed by atoms with Gasteiger partial charge in [-0.3, -0.25) is 4.79 Å². The van der Waals surface area contributed by atoms with Crippen LogP contribution in [0.15, 0.2) is 60.7 Å². The van der Waals surface area contributed by atoms with Gasteiger partial charge in [0, 0.05) is 24.2 Å². The summed E-state index contributed by atoms with van der Waals surface area (Å²) >= 11 is 0. The summed E-state index contributed by atoms with van der Waals surface area (Å²) in [6, 6.07) is 18.3. The zero-order chi connectivity index (χ0) is 26.2. The van der Waals surface area contributed by atoms with E-state index in [1.807, 2.05) is 63.4 Å². The number of rotatable bonds is 11. The van der Waals surface area contributed by atoms with Crippen LogP contribution in [0.25, 0.3) is 17.2 Å². The molecule has 0 aliphatic carbocycles. The maximum absolute atomic E-state index is 13.3. The highest BCUT2D eigenvalue weighted by Gasteiger charge is 2.12. The second-order valence-corrected chi connectivity index (χ2v) is 9.74. The zero-order valence-electron chi connectivity index (χ0n) is 22.6. The number of benzene rings is 3. The predicted molar refractivity (Wildman–Crippen MR) is 149 cm³/mol. The van der Waals surface area contributed by atoms with Gasteiger partial charge in [0.2, 0.25) is 0 Å². The van der Waals surface area contributed by atoms with Crippen LogP contribution in [0.2, 0.25) is 0 Å². The number of carbonyl (C=O) groups is 1. The van der Waals surface area contributed by atoms with E-state index in [2.05, 4.69) is 49.1 Å². The zero-order valence-corrected chi connectivity index (χ0v) is 22.6. The smallest absolute Gasteiger partial charge is 0.186 e. The van der Waals surface area contributed by atoms with Crippen molar-refractivity contribution in [1.29, 1.82) is 0 Å². The Morgan fingerprint density at radius 2 is 1.58 bits per heavy atom. The monoisotopic (exact) mass is 486 g/mol. The van der Waals surface area contributed by atoms with Crippen molar-refractivity contribution in [2.45, 2.75) is 20.4 Å². The lowest BCUT2D eigenvalue weighted by molar-refractivity contribution is 0.104. The van der Waals surface area contributed by atoms with Gasteiger partial charge in [-0.1, -0.05) is 35.4 Å². The van der Waals surface area contributed by atoms with Crippen molar-refractivity contribution in [3.8, 4) is 22.6 Å². The molecular weight excluding hydrogens is 448 g/mol. The van der Waals surface area contributed by atoms with Gasteiger partial charge >= 0.3 is 0 Å². The molecule has 0 atom stereocenters. The standard InChI is InChI=1S/C31H38N2O3/c1-22-16-23(2)18-26(17-22)24-9-13-31(36-15-14-32(3)4)25(19-24)8-12-30(34)29-11-10-28(35-7)20-27(29)21-33(5)6/h8-13,16-20H,14-15,21H2,1-7H3/b12-8+. The van der Waals surface area contributed by atoms with Gasteiger partial charge in [-0.05, 0) is 101 Å². The highest BCUT2D eigenvalue weighted by atomic mass is 16.5. The van der Waals surface area contributed by atoms with Crippen LogP contribution < -0.4 is 9.47 Å². The molecule has 0 heterocycles. The Labute approximate surface area is 216 Å². The van der Waals surface area contributed by atoms with E-state index in [0.29, 0.717) is 18.7 Å². The molecule has 5 heteroatoms. The number of hydrogen-bond acceptors (Lipinski definition) is 5. The molecule has 0 bridgehead atoms. The van der Waals surface area contributed by atoms with Crippen molar-refractivity contribution in [3.63, 3.8) is 0 Å². The summed E-state index contributed by atoms with van der Waals surface area (Å²) in [5.74, 6) is 1.45. The van der Waals surface area contributed by atoms with Gasteiger partial charge in [-0.25, -0.2) is 0 Å². The Hall–Kier alpha value is -3.41. The fraction of sp³-hybridized carbons (Fsp3) is 0.323. The Morgan fingerprint density at radius 1 is 0.861 bits per heavy atom. The van der Waals surface area contributed by atoms with E-state index >= 15 is 0 Å². The van der Waals surface area contributed by atoms with Crippen LogP contribution in [-0.2, 0) is 6.54 Å². The molecule has 190 valence electrons. The molecule has 3 aromatic carbocycles. The fourth-order valence-electron chi connectivity index (χ4n) is 4.13. The van der Waals surface area contributed by atoms with Crippen molar-refractivity contribution < 1.29 is 14.3 Å². The number of ether oxygens (including phenoxy) is 2. The number of likely N-dealkylation sites (N-methyl/N-ethyl adjacent to an activating group) is 1. The van der Waals surface area contributed by atoms with E-state index in [1.165, 1.54) is 11.1 Å². The topological polar surface area (TPSA) is 42.0 Å². The second-order valence-electron chi connectivity index (χ2n) is 9.74. The first-order chi connectivity index (χ1) is 17.2. The van der Waals surface area contributed by atoms with E-state index in [-0.39, 0.29) is 5.78 Å². The minimum Gasteiger partial charge on any atom is -0.497 e. The van der Waals surface area contributed by atoms with Crippen LogP contribution in [-0.4, -0.2) is 64.0 Å². The first-order valence-electron chi connectivity index (χ1n) is 12.2. The molecule has 36 heavy (non-hydrogen) atoms. The SMILES string of the molecule is COc1ccc(C(=O)/C=C/c2cc(-c3cc(C)cc(C)c3)ccc2OCCN(C)C)c(CN(C)C)c1. The van der Waals surface area contributed by atoms with Crippen molar-refractivity contribution in [2.75, 3.05) is 48.5 Å². The number of nitrogens with zero attached hydrogens (tertiary/aromatic N) is 2. The number of carbonyl (C=O) groups excluding carboxylic acids is 1. The van der Waals surface area contributed by atoms with E-state index in [0.717, 1.165) is 40.3 Å². The Bertz CT molecular complexity index is 1210. The first-order valence-corrected chi connectivity index (χ1v) is 12.2. The van der Waals surface area contributed by atoms with E-state index in [1.54, 1.807) is 13.2 Å². The maximum atomic E-state index is 13.3. The quantitative estimate of drug-likeness (QED) is 0.250. The number of ketones is 1. The lowest BCUT2D eigenvalue weighted by Gasteiger charge is -2.15. The predicted octanol–water partition coefficient (Wildman–Crippen LogP) is 5.88. The summed E-state index contributed by atoms with van der Waals surface area (Å²) in [5.41, 5.74) is 7.15. The van der Waals surface area contributed by atoms with Gasteiger partial charge in [-0.2, -0.15) is 0 Å². The average molecular weight is 487 g/mol. The molecule has 0 fully saturated rings. The molecule has 0 spiro atoms. The molecular formula is C31H38N2O3. The van der Waals surface area contributed by atoms with Gasteiger partial charge in [0.25, 0.3) is 0 Å². The summed E-state index contributed by atoms with van der Waals surface area (Å²) < 4.78 is 11.5. The minimum absolute atomic E-state index is 0.0504. The number of aryl methyl sites for hydroxylation is 2. The average Bonchev–Trinajstić information content (AvgIpc) is 2.81.